The first kappa shape index (κ1) is 11.4. The van der Waals surface area contributed by atoms with Crippen molar-refractivity contribution in [3.8, 4) is 0 Å². The minimum atomic E-state index is 0.666. The highest BCUT2D eigenvalue weighted by Crippen LogP contribution is 2.13. The van der Waals surface area contributed by atoms with E-state index in [-0.39, 0.29) is 0 Å². The monoisotopic (exact) mass is 220 g/mol. The fourth-order valence-electron chi connectivity index (χ4n) is 1.97. The number of piperazine rings is 1. The quantitative estimate of drug-likeness (QED) is 0.797. The third-order valence-corrected chi connectivity index (χ3v) is 3.02. The first-order chi connectivity index (χ1) is 7.79. The van der Waals surface area contributed by atoms with E-state index >= 15 is 0 Å². The molecule has 0 spiro atoms. The van der Waals surface area contributed by atoms with Crippen LogP contribution in [0, 0.1) is 0 Å². The molecule has 1 fully saturated rings. The smallest absolute Gasteiger partial charge is 0.128 e. The van der Waals surface area contributed by atoms with E-state index in [1.807, 2.05) is 6.07 Å². The molecule has 0 atom stereocenters. The van der Waals surface area contributed by atoms with Gasteiger partial charge in [0, 0.05) is 38.3 Å². The van der Waals surface area contributed by atoms with Gasteiger partial charge in [0.15, 0.2) is 0 Å². The third kappa shape index (κ3) is 2.71. The van der Waals surface area contributed by atoms with Gasteiger partial charge in [0.2, 0.25) is 0 Å². The fourth-order valence-corrected chi connectivity index (χ4v) is 1.97. The Morgan fingerprint density at radius 3 is 2.69 bits per heavy atom. The van der Waals surface area contributed by atoms with Crippen molar-refractivity contribution in [2.45, 2.75) is 6.42 Å². The normalized spacial score (nSPS) is 17.8. The first-order valence-electron chi connectivity index (χ1n) is 5.89. The molecule has 0 radical (unpaired) electrons. The number of aromatic nitrogens is 1. The van der Waals surface area contributed by atoms with Gasteiger partial charge in [-0.15, -0.1) is 0 Å². The van der Waals surface area contributed by atoms with E-state index in [0.29, 0.717) is 6.54 Å². The van der Waals surface area contributed by atoms with Gasteiger partial charge in [-0.05, 0) is 25.7 Å². The molecule has 0 saturated carbocycles. The molecule has 2 rings (SSSR count). The van der Waals surface area contributed by atoms with Gasteiger partial charge in [-0.1, -0.05) is 6.07 Å². The first-order valence-corrected chi connectivity index (χ1v) is 5.89. The summed E-state index contributed by atoms with van der Waals surface area (Å²) in [5.74, 6) is 1.10. The predicted molar refractivity (Wildman–Crippen MR) is 66.7 cm³/mol. The van der Waals surface area contributed by atoms with Crippen molar-refractivity contribution < 1.29 is 0 Å². The number of nitrogens with zero attached hydrogens (tertiary/aromatic N) is 3. The summed E-state index contributed by atoms with van der Waals surface area (Å²) in [4.78, 5) is 9.33. The van der Waals surface area contributed by atoms with Crippen LogP contribution < -0.4 is 10.6 Å². The zero-order chi connectivity index (χ0) is 11.4. The van der Waals surface area contributed by atoms with E-state index in [2.05, 4.69) is 34.0 Å². The van der Waals surface area contributed by atoms with Gasteiger partial charge < -0.3 is 15.5 Å². The van der Waals surface area contributed by atoms with Gasteiger partial charge in [0.25, 0.3) is 0 Å². The standard InChI is InChI=1S/C12H20N4/c1-15-7-9-16(10-8-15)12-4-2-3-11(14-12)5-6-13/h2-4H,5-10,13H2,1H3. The zero-order valence-corrected chi connectivity index (χ0v) is 9.89. The summed E-state index contributed by atoms with van der Waals surface area (Å²) in [5.41, 5.74) is 6.64. The summed E-state index contributed by atoms with van der Waals surface area (Å²) in [7, 11) is 2.16. The maximum Gasteiger partial charge on any atom is 0.128 e. The second-order valence-corrected chi connectivity index (χ2v) is 4.32. The number of hydrogen-bond donors (Lipinski definition) is 1. The highest BCUT2D eigenvalue weighted by molar-refractivity contribution is 5.39. The zero-order valence-electron chi connectivity index (χ0n) is 9.89. The lowest BCUT2D eigenvalue weighted by atomic mass is 10.2. The molecule has 1 aromatic heterocycles. The molecule has 0 amide bonds. The largest absolute Gasteiger partial charge is 0.354 e. The molecule has 16 heavy (non-hydrogen) atoms. The molecule has 2 heterocycles. The average molecular weight is 220 g/mol. The minimum Gasteiger partial charge on any atom is -0.354 e. The summed E-state index contributed by atoms with van der Waals surface area (Å²) in [5, 5.41) is 0. The van der Waals surface area contributed by atoms with Gasteiger partial charge in [-0.2, -0.15) is 0 Å². The summed E-state index contributed by atoms with van der Waals surface area (Å²) in [6.07, 6.45) is 0.863. The molecule has 0 aliphatic carbocycles. The van der Waals surface area contributed by atoms with Crippen molar-refractivity contribution in [1.82, 2.24) is 9.88 Å². The van der Waals surface area contributed by atoms with E-state index < -0.39 is 0 Å². The van der Waals surface area contributed by atoms with Crippen LogP contribution >= 0.6 is 0 Å². The van der Waals surface area contributed by atoms with Crippen molar-refractivity contribution in [3.05, 3.63) is 23.9 Å². The molecule has 4 heteroatoms. The Labute approximate surface area is 97.1 Å². The van der Waals surface area contributed by atoms with Crippen LogP contribution in [0.3, 0.4) is 0 Å². The Hall–Kier alpha value is -1.13. The second-order valence-electron chi connectivity index (χ2n) is 4.32. The van der Waals surface area contributed by atoms with Crippen LogP contribution in [0.25, 0.3) is 0 Å². The fraction of sp³-hybridized carbons (Fsp3) is 0.583. The number of likely N-dealkylation sites (N-methyl/N-ethyl adjacent to an activating group) is 1. The summed E-state index contributed by atoms with van der Waals surface area (Å²) in [6.45, 7) is 5.02. The Kier molecular flexibility index (Phi) is 3.74. The molecule has 0 bridgehead atoms. The summed E-state index contributed by atoms with van der Waals surface area (Å²) < 4.78 is 0. The highest BCUT2D eigenvalue weighted by atomic mass is 15.3. The van der Waals surface area contributed by atoms with Gasteiger partial charge >= 0.3 is 0 Å². The van der Waals surface area contributed by atoms with Crippen LogP contribution in [0.2, 0.25) is 0 Å². The molecule has 1 aliphatic heterocycles. The second kappa shape index (κ2) is 5.27. The van der Waals surface area contributed by atoms with E-state index in [0.717, 1.165) is 44.1 Å². The van der Waals surface area contributed by atoms with Crippen LogP contribution in [0.5, 0.6) is 0 Å². The summed E-state index contributed by atoms with van der Waals surface area (Å²) in [6, 6.07) is 6.21. The Morgan fingerprint density at radius 1 is 1.25 bits per heavy atom. The molecule has 1 saturated heterocycles. The molecule has 88 valence electrons. The Balaban J connectivity index is 2.05. The lowest BCUT2D eigenvalue weighted by Gasteiger charge is -2.33. The SMILES string of the molecule is CN1CCN(c2cccc(CCN)n2)CC1. The lowest BCUT2D eigenvalue weighted by molar-refractivity contribution is 0.312. The average Bonchev–Trinajstić information content (AvgIpc) is 2.31. The van der Waals surface area contributed by atoms with Gasteiger partial charge in [-0.25, -0.2) is 4.98 Å². The number of hydrogen-bond acceptors (Lipinski definition) is 4. The highest BCUT2D eigenvalue weighted by Gasteiger charge is 2.14. The number of anilines is 1. The van der Waals surface area contributed by atoms with Crippen LogP contribution in [0.1, 0.15) is 5.69 Å². The van der Waals surface area contributed by atoms with E-state index in [9.17, 15) is 0 Å². The molecular weight excluding hydrogens is 200 g/mol. The maximum absolute atomic E-state index is 5.55. The molecule has 0 unspecified atom stereocenters. The maximum atomic E-state index is 5.55. The molecule has 4 nitrogen and oxygen atoms in total. The van der Waals surface area contributed by atoms with Crippen LogP contribution in [-0.4, -0.2) is 49.7 Å². The molecule has 2 N–H and O–H groups in total. The summed E-state index contributed by atoms with van der Waals surface area (Å²) >= 11 is 0. The molecule has 1 aromatic rings. The van der Waals surface area contributed by atoms with Crippen molar-refractivity contribution in [3.63, 3.8) is 0 Å². The third-order valence-electron chi connectivity index (χ3n) is 3.02. The van der Waals surface area contributed by atoms with E-state index in [1.165, 1.54) is 0 Å². The topological polar surface area (TPSA) is 45.4 Å². The van der Waals surface area contributed by atoms with Crippen molar-refractivity contribution in [2.75, 3.05) is 44.7 Å². The number of nitrogens with two attached hydrogens (primary N) is 1. The molecule has 1 aliphatic rings. The van der Waals surface area contributed by atoms with Gasteiger partial charge in [0.1, 0.15) is 5.82 Å². The van der Waals surface area contributed by atoms with E-state index in [1.54, 1.807) is 0 Å². The van der Waals surface area contributed by atoms with Gasteiger partial charge in [0.05, 0.1) is 0 Å². The van der Waals surface area contributed by atoms with E-state index in [4.69, 9.17) is 5.73 Å². The molecule has 0 aromatic carbocycles. The Bertz CT molecular complexity index is 332. The Morgan fingerprint density at radius 2 is 2.00 bits per heavy atom. The molecular formula is C12H20N4. The number of pyridine rings is 1. The van der Waals surface area contributed by atoms with Crippen molar-refractivity contribution in [1.29, 1.82) is 0 Å². The lowest BCUT2D eigenvalue weighted by Crippen LogP contribution is -2.44. The minimum absolute atomic E-state index is 0.666. The van der Waals surface area contributed by atoms with Crippen LogP contribution in [0.4, 0.5) is 5.82 Å². The predicted octanol–water partition coefficient (Wildman–Crippen LogP) is 0.335. The van der Waals surface area contributed by atoms with Crippen molar-refractivity contribution in [2.24, 2.45) is 5.73 Å². The van der Waals surface area contributed by atoms with Crippen LogP contribution in [-0.2, 0) is 6.42 Å². The number of rotatable bonds is 3. The van der Waals surface area contributed by atoms with Crippen LogP contribution in [0.15, 0.2) is 18.2 Å². The van der Waals surface area contributed by atoms with Gasteiger partial charge in [-0.3, -0.25) is 0 Å². The van der Waals surface area contributed by atoms with Crippen molar-refractivity contribution >= 4 is 5.82 Å².